The van der Waals surface area contributed by atoms with Gasteiger partial charge < -0.3 is 0 Å². The van der Waals surface area contributed by atoms with E-state index in [2.05, 4.69) is 31.2 Å². The predicted molar refractivity (Wildman–Crippen MR) is 41.8 cm³/mol. The molecule has 0 unspecified atom stereocenters. The van der Waals surface area contributed by atoms with Crippen LogP contribution in [-0.4, -0.2) is 5.75 Å². The first-order valence-corrected chi connectivity index (χ1v) is 3.49. The average Bonchev–Trinajstić information content (AvgIpc) is 1.88. The first kappa shape index (κ1) is 11.1. The average molecular weight is 136 g/mol. The summed E-state index contributed by atoms with van der Waals surface area (Å²) in [5.41, 5.74) is 0. The van der Waals surface area contributed by atoms with Gasteiger partial charge in [0.1, 0.15) is 0 Å². The molecule has 0 saturated heterocycles. The molecule has 0 rings (SSSR count). The zero-order valence-corrected chi connectivity index (χ0v) is 6.32. The van der Waals surface area contributed by atoms with Crippen LogP contribution >= 0.6 is 12.6 Å². The second kappa shape index (κ2) is 15.7. The van der Waals surface area contributed by atoms with Crippen LogP contribution in [0.15, 0.2) is 0 Å². The molecule has 0 radical (unpaired) electrons. The van der Waals surface area contributed by atoms with Crippen LogP contribution < -0.4 is 11.7 Å². The van der Waals surface area contributed by atoms with E-state index < -0.39 is 0 Å². The number of nitrogens with two attached hydrogens (primary N) is 2. The number of hydrogen-bond donors (Lipinski definition) is 3. The largest absolute Gasteiger partial charge is 0.274 e. The van der Waals surface area contributed by atoms with E-state index in [0.717, 1.165) is 5.75 Å². The Bertz CT molecular complexity index is 22.4. The maximum absolute atomic E-state index is 4.05. The molecule has 0 atom stereocenters. The van der Waals surface area contributed by atoms with Crippen LogP contribution in [0.2, 0.25) is 0 Å². The SMILES string of the molecule is CCCCCS.NN. The third-order valence-electron chi connectivity index (χ3n) is 0.762. The van der Waals surface area contributed by atoms with E-state index in [1.807, 2.05) is 0 Å². The summed E-state index contributed by atoms with van der Waals surface area (Å²) >= 11 is 4.05. The fraction of sp³-hybridized carbons (Fsp3) is 1.00. The zero-order chi connectivity index (χ0) is 6.83. The normalized spacial score (nSPS) is 7.50. The van der Waals surface area contributed by atoms with Crippen molar-refractivity contribution < 1.29 is 0 Å². The summed E-state index contributed by atoms with van der Waals surface area (Å²) in [6.07, 6.45) is 3.92. The van der Waals surface area contributed by atoms with Gasteiger partial charge in [0.15, 0.2) is 0 Å². The van der Waals surface area contributed by atoms with E-state index in [-0.39, 0.29) is 0 Å². The monoisotopic (exact) mass is 136 g/mol. The van der Waals surface area contributed by atoms with Crippen LogP contribution in [0.1, 0.15) is 26.2 Å². The number of hydrazine groups is 1. The summed E-state index contributed by atoms with van der Waals surface area (Å²) in [7, 11) is 0. The summed E-state index contributed by atoms with van der Waals surface area (Å²) in [4.78, 5) is 0. The van der Waals surface area contributed by atoms with Gasteiger partial charge >= 0.3 is 0 Å². The molecule has 0 bridgehead atoms. The molecule has 0 aromatic heterocycles. The van der Waals surface area contributed by atoms with Crippen molar-refractivity contribution in [3.05, 3.63) is 0 Å². The molecule has 0 aromatic rings. The van der Waals surface area contributed by atoms with Gasteiger partial charge in [-0.3, -0.25) is 11.7 Å². The molecule has 0 aromatic carbocycles. The molecule has 0 fully saturated rings. The molecular formula is C5H16N2S. The maximum atomic E-state index is 4.05. The first-order valence-electron chi connectivity index (χ1n) is 2.86. The van der Waals surface area contributed by atoms with Crippen molar-refractivity contribution >= 4 is 12.6 Å². The van der Waals surface area contributed by atoms with Crippen LogP contribution in [-0.2, 0) is 0 Å². The fourth-order valence-electron chi connectivity index (χ4n) is 0.362. The van der Waals surface area contributed by atoms with Crippen LogP contribution in [0.5, 0.6) is 0 Å². The molecule has 4 N–H and O–H groups in total. The summed E-state index contributed by atoms with van der Waals surface area (Å²) in [5.74, 6) is 9.05. The Morgan fingerprint density at radius 1 is 1.25 bits per heavy atom. The predicted octanol–water partition coefficient (Wildman–Crippen LogP) is 0.925. The highest BCUT2D eigenvalue weighted by Gasteiger charge is 1.75. The maximum Gasteiger partial charge on any atom is -0.00979 e. The Balaban J connectivity index is 0. The minimum atomic E-state index is 1.05. The molecule has 0 aliphatic rings. The van der Waals surface area contributed by atoms with Crippen LogP contribution in [0.25, 0.3) is 0 Å². The molecule has 2 nitrogen and oxygen atoms in total. The molecular weight excluding hydrogens is 120 g/mol. The van der Waals surface area contributed by atoms with E-state index in [9.17, 15) is 0 Å². The van der Waals surface area contributed by atoms with Gasteiger partial charge in [-0.25, -0.2) is 0 Å². The van der Waals surface area contributed by atoms with Gasteiger partial charge in [0, 0.05) is 0 Å². The molecule has 0 heterocycles. The number of unbranched alkanes of at least 4 members (excludes halogenated alkanes) is 2. The van der Waals surface area contributed by atoms with Crippen LogP contribution in [0.4, 0.5) is 0 Å². The third-order valence-corrected chi connectivity index (χ3v) is 1.08. The molecule has 0 aliphatic carbocycles. The van der Waals surface area contributed by atoms with Crippen LogP contribution in [0.3, 0.4) is 0 Å². The second-order valence-corrected chi connectivity index (χ2v) is 1.88. The zero-order valence-electron chi connectivity index (χ0n) is 5.43. The van der Waals surface area contributed by atoms with Gasteiger partial charge in [-0.2, -0.15) is 12.6 Å². The molecule has 0 spiro atoms. The standard InChI is InChI=1S/C5H12S.H4N2/c1-2-3-4-5-6;1-2/h6H,2-5H2,1H3;1-2H2. The lowest BCUT2D eigenvalue weighted by Crippen LogP contribution is -2.02. The van der Waals surface area contributed by atoms with Crippen molar-refractivity contribution in [2.45, 2.75) is 26.2 Å². The van der Waals surface area contributed by atoms with Crippen molar-refractivity contribution in [3.8, 4) is 0 Å². The Morgan fingerprint density at radius 3 is 1.88 bits per heavy atom. The summed E-state index contributed by atoms with van der Waals surface area (Å²) < 4.78 is 0. The number of rotatable bonds is 3. The third kappa shape index (κ3) is 16.3. The Labute approximate surface area is 57.0 Å². The topological polar surface area (TPSA) is 52.0 Å². The highest BCUT2D eigenvalue weighted by Crippen LogP contribution is 1.93. The molecule has 0 amide bonds. The molecule has 3 heteroatoms. The highest BCUT2D eigenvalue weighted by atomic mass is 32.1. The summed E-state index contributed by atoms with van der Waals surface area (Å²) in [6.45, 7) is 2.20. The summed E-state index contributed by atoms with van der Waals surface area (Å²) in [5, 5.41) is 0. The van der Waals surface area contributed by atoms with Gasteiger partial charge in [-0.05, 0) is 12.2 Å². The lowest BCUT2D eigenvalue weighted by atomic mass is 10.3. The fourth-order valence-corrected chi connectivity index (χ4v) is 0.585. The minimum absolute atomic E-state index is 1.05. The van der Waals surface area contributed by atoms with Gasteiger partial charge in [-0.1, -0.05) is 19.8 Å². The highest BCUT2D eigenvalue weighted by molar-refractivity contribution is 7.80. The second-order valence-electron chi connectivity index (χ2n) is 1.43. The van der Waals surface area contributed by atoms with Gasteiger partial charge in [-0.15, -0.1) is 0 Å². The minimum Gasteiger partial charge on any atom is -0.274 e. The number of hydrogen-bond acceptors (Lipinski definition) is 3. The van der Waals surface area contributed by atoms with Crippen molar-refractivity contribution in [1.82, 2.24) is 0 Å². The van der Waals surface area contributed by atoms with E-state index in [4.69, 9.17) is 0 Å². The molecule has 52 valence electrons. The van der Waals surface area contributed by atoms with E-state index >= 15 is 0 Å². The van der Waals surface area contributed by atoms with Gasteiger partial charge in [0.2, 0.25) is 0 Å². The van der Waals surface area contributed by atoms with Gasteiger partial charge in [0.05, 0.1) is 0 Å². The quantitative estimate of drug-likeness (QED) is 0.234. The Kier molecular flexibility index (Phi) is 21.8. The lowest BCUT2D eigenvalue weighted by Gasteiger charge is -1.85. The van der Waals surface area contributed by atoms with Crippen molar-refractivity contribution in [2.24, 2.45) is 11.7 Å². The Hall–Kier alpha value is 0.270. The summed E-state index contributed by atoms with van der Waals surface area (Å²) in [6, 6.07) is 0. The Morgan fingerprint density at radius 2 is 1.75 bits per heavy atom. The van der Waals surface area contributed by atoms with Gasteiger partial charge in [0.25, 0.3) is 0 Å². The molecule has 0 saturated carbocycles. The lowest BCUT2D eigenvalue weighted by molar-refractivity contribution is 0.780. The number of thiol groups is 1. The van der Waals surface area contributed by atoms with E-state index in [1.54, 1.807) is 0 Å². The van der Waals surface area contributed by atoms with Crippen molar-refractivity contribution in [2.75, 3.05) is 5.75 Å². The molecule has 0 aliphatic heterocycles. The van der Waals surface area contributed by atoms with E-state index in [0.29, 0.717) is 0 Å². The molecule has 8 heavy (non-hydrogen) atoms. The van der Waals surface area contributed by atoms with Crippen molar-refractivity contribution in [3.63, 3.8) is 0 Å². The first-order chi connectivity index (χ1) is 3.91. The van der Waals surface area contributed by atoms with Crippen LogP contribution in [0, 0.1) is 0 Å². The smallest absolute Gasteiger partial charge is 0.00979 e. The van der Waals surface area contributed by atoms with E-state index in [1.165, 1.54) is 19.3 Å². The van der Waals surface area contributed by atoms with Crippen molar-refractivity contribution in [1.29, 1.82) is 0 Å².